The molecule has 14 heteroatoms. The lowest BCUT2D eigenvalue weighted by molar-refractivity contribution is -0.147. The molecule has 6 atom stereocenters. The maximum absolute atomic E-state index is 13.8. The van der Waals surface area contributed by atoms with Crippen LogP contribution in [0.3, 0.4) is 0 Å². The van der Waals surface area contributed by atoms with Crippen LogP contribution < -0.4 is 27.0 Å². The van der Waals surface area contributed by atoms with Gasteiger partial charge >= 0.3 is 6.09 Å². The van der Waals surface area contributed by atoms with Gasteiger partial charge in [-0.2, -0.15) is 0 Å². The van der Waals surface area contributed by atoms with E-state index in [0.29, 0.717) is 31.4 Å². The largest absolute Gasteiger partial charge is 0.444 e. The second-order valence-electron chi connectivity index (χ2n) is 13.8. The molecule has 1 aromatic rings. The number of carbonyl (C=O) groups is 6. The zero-order valence-corrected chi connectivity index (χ0v) is 29.2. The Hall–Kier alpha value is -4.20. The number of hydrogen-bond donors (Lipinski definition) is 6. The normalized spacial score (nSPS) is 17.8. The van der Waals surface area contributed by atoms with E-state index in [-0.39, 0.29) is 30.7 Å². The van der Waals surface area contributed by atoms with Crippen LogP contribution in [0, 0.1) is 11.8 Å². The van der Waals surface area contributed by atoms with Crippen molar-refractivity contribution in [1.82, 2.24) is 26.2 Å². The topological polar surface area (TPSA) is 209 Å². The molecule has 1 saturated heterocycles. The van der Waals surface area contributed by atoms with E-state index < -0.39 is 72.0 Å². The molecule has 7 N–H and O–H groups in total. The summed E-state index contributed by atoms with van der Waals surface area (Å²) in [5.41, 5.74) is 5.14. The van der Waals surface area contributed by atoms with Crippen LogP contribution in [0.15, 0.2) is 30.3 Å². The predicted octanol–water partition coefficient (Wildman–Crippen LogP) is 1.14. The highest BCUT2D eigenvalue weighted by Crippen LogP contribution is 2.21. The molecular weight excluding hydrogens is 620 g/mol. The number of alkyl carbamates (subject to hydrolysis) is 1. The number of primary amides is 1. The summed E-state index contributed by atoms with van der Waals surface area (Å²) in [5, 5.41) is 22.1. The van der Waals surface area contributed by atoms with Crippen molar-refractivity contribution >= 4 is 35.6 Å². The van der Waals surface area contributed by atoms with Crippen molar-refractivity contribution in [3.05, 3.63) is 35.9 Å². The molecule has 0 saturated carbocycles. The van der Waals surface area contributed by atoms with Crippen LogP contribution in [0.4, 0.5) is 4.79 Å². The van der Waals surface area contributed by atoms with Crippen LogP contribution in [-0.2, 0) is 35.1 Å². The molecule has 0 unspecified atom stereocenters. The lowest BCUT2D eigenvalue weighted by atomic mass is 9.97. The molecular formula is C34H54N6O8. The van der Waals surface area contributed by atoms with Crippen molar-refractivity contribution in [3.63, 3.8) is 0 Å². The molecule has 1 aromatic carbocycles. The fraction of sp³-hybridized carbons (Fsp3) is 0.647. The monoisotopic (exact) mass is 674 g/mol. The van der Waals surface area contributed by atoms with Gasteiger partial charge in [0.15, 0.2) is 6.10 Å². The lowest BCUT2D eigenvalue weighted by Crippen LogP contribution is -2.60. The Kier molecular flexibility index (Phi) is 15.3. The van der Waals surface area contributed by atoms with Crippen molar-refractivity contribution in [2.75, 3.05) is 13.1 Å². The number of rotatable bonds is 16. The summed E-state index contributed by atoms with van der Waals surface area (Å²) in [4.78, 5) is 79.4. The molecule has 0 radical (unpaired) electrons. The molecule has 0 bridgehead atoms. The van der Waals surface area contributed by atoms with Gasteiger partial charge in [0.25, 0.3) is 5.91 Å². The van der Waals surface area contributed by atoms with Crippen LogP contribution in [-0.4, -0.2) is 94.6 Å². The number of nitrogens with zero attached hydrogens (tertiary/aromatic N) is 1. The van der Waals surface area contributed by atoms with Gasteiger partial charge in [0, 0.05) is 13.1 Å². The van der Waals surface area contributed by atoms with E-state index in [0.717, 1.165) is 0 Å². The maximum atomic E-state index is 13.8. The van der Waals surface area contributed by atoms with Gasteiger partial charge in [-0.25, -0.2) is 4.79 Å². The Morgan fingerprint density at radius 1 is 1.00 bits per heavy atom. The Balaban J connectivity index is 2.30. The Labute approximate surface area is 283 Å². The highest BCUT2D eigenvalue weighted by Gasteiger charge is 2.41. The minimum atomic E-state index is -1.81. The number of nitrogens with two attached hydrogens (primary N) is 1. The summed E-state index contributed by atoms with van der Waals surface area (Å²) < 4.78 is 5.22. The molecule has 2 rings (SSSR count). The Morgan fingerprint density at radius 2 is 1.65 bits per heavy atom. The van der Waals surface area contributed by atoms with Gasteiger partial charge in [0.2, 0.25) is 23.6 Å². The third-order valence-corrected chi connectivity index (χ3v) is 7.99. The van der Waals surface area contributed by atoms with Gasteiger partial charge in [-0.15, -0.1) is 0 Å². The Bertz CT molecular complexity index is 1270. The van der Waals surface area contributed by atoms with E-state index in [1.54, 1.807) is 51.1 Å². The fourth-order valence-corrected chi connectivity index (χ4v) is 5.26. The van der Waals surface area contributed by atoms with Crippen molar-refractivity contribution in [3.8, 4) is 0 Å². The quantitative estimate of drug-likeness (QED) is 0.149. The van der Waals surface area contributed by atoms with Crippen LogP contribution in [0.25, 0.3) is 0 Å². The number of amides is 6. The minimum absolute atomic E-state index is 0.00598. The summed E-state index contributed by atoms with van der Waals surface area (Å²) in [7, 11) is 0. The van der Waals surface area contributed by atoms with Crippen molar-refractivity contribution in [2.24, 2.45) is 17.6 Å². The van der Waals surface area contributed by atoms with Crippen LogP contribution in [0.1, 0.15) is 79.7 Å². The summed E-state index contributed by atoms with van der Waals surface area (Å²) in [6, 6.07) is 4.38. The molecule has 268 valence electrons. The van der Waals surface area contributed by atoms with E-state index in [1.165, 1.54) is 4.90 Å². The standard InChI is InChI=1S/C34H54N6O8/c1-8-21(4)27(31(45)36-19-20(2)3)39-30(44)25-15-12-16-40(25)32(46)28(42)23(17-22-13-10-9-11-14-22)37-29(43)24(18-26(35)41)38-33(47)48-34(5,6)7/h9-11,13-14,20-21,23-25,27-28,42H,8,12,15-19H2,1-7H3,(H2,35,41)(H,36,45)(H,37,43)(H,38,47)(H,39,44)/t21-,23+,24+,25+,27+,28+/m1/s1. The first-order valence-electron chi connectivity index (χ1n) is 16.6. The molecule has 0 aliphatic carbocycles. The highest BCUT2D eigenvalue weighted by atomic mass is 16.6. The number of likely N-dealkylation sites (tertiary alicyclic amines) is 1. The third kappa shape index (κ3) is 12.8. The number of aliphatic hydroxyl groups excluding tert-OH is 1. The second kappa shape index (κ2) is 18.4. The van der Waals surface area contributed by atoms with Crippen molar-refractivity contribution in [2.45, 2.75) is 116 Å². The first-order chi connectivity index (χ1) is 22.4. The molecule has 48 heavy (non-hydrogen) atoms. The number of benzene rings is 1. The predicted molar refractivity (Wildman–Crippen MR) is 179 cm³/mol. The summed E-state index contributed by atoms with van der Waals surface area (Å²) in [5.74, 6) is -3.30. The molecule has 6 amide bonds. The maximum Gasteiger partial charge on any atom is 0.408 e. The molecule has 1 aliphatic rings. The van der Waals surface area contributed by atoms with Gasteiger partial charge in [0.1, 0.15) is 23.7 Å². The summed E-state index contributed by atoms with van der Waals surface area (Å²) in [6.45, 7) is 13.2. The van der Waals surface area contributed by atoms with E-state index in [1.807, 2.05) is 27.7 Å². The summed E-state index contributed by atoms with van der Waals surface area (Å²) in [6.07, 6.45) is -1.89. The first kappa shape index (κ1) is 40.0. The van der Waals surface area contributed by atoms with Crippen molar-refractivity contribution in [1.29, 1.82) is 0 Å². The summed E-state index contributed by atoms with van der Waals surface area (Å²) >= 11 is 0. The average molecular weight is 675 g/mol. The fourth-order valence-electron chi connectivity index (χ4n) is 5.26. The van der Waals surface area contributed by atoms with Crippen LogP contribution in [0.5, 0.6) is 0 Å². The van der Waals surface area contributed by atoms with Gasteiger partial charge in [0.05, 0.1) is 12.5 Å². The Morgan fingerprint density at radius 3 is 2.21 bits per heavy atom. The molecule has 1 fully saturated rings. The average Bonchev–Trinajstić information content (AvgIpc) is 3.50. The van der Waals surface area contributed by atoms with E-state index in [4.69, 9.17) is 10.5 Å². The number of ether oxygens (including phenoxy) is 1. The molecule has 1 aliphatic heterocycles. The van der Waals surface area contributed by atoms with Gasteiger partial charge in [-0.1, -0.05) is 64.4 Å². The minimum Gasteiger partial charge on any atom is -0.444 e. The van der Waals surface area contributed by atoms with Gasteiger partial charge in [-0.3, -0.25) is 24.0 Å². The number of aliphatic hydroxyl groups is 1. The number of hydrogen-bond acceptors (Lipinski definition) is 8. The lowest BCUT2D eigenvalue weighted by Gasteiger charge is -2.32. The number of carbonyl (C=O) groups excluding carboxylic acids is 6. The van der Waals surface area contributed by atoms with E-state index in [9.17, 15) is 33.9 Å². The second-order valence-corrected chi connectivity index (χ2v) is 13.8. The van der Waals surface area contributed by atoms with Crippen LogP contribution in [0.2, 0.25) is 0 Å². The zero-order valence-electron chi connectivity index (χ0n) is 29.2. The van der Waals surface area contributed by atoms with Crippen LogP contribution >= 0.6 is 0 Å². The smallest absolute Gasteiger partial charge is 0.408 e. The molecule has 1 heterocycles. The van der Waals surface area contributed by atoms with Crippen molar-refractivity contribution < 1.29 is 38.6 Å². The van der Waals surface area contributed by atoms with E-state index in [2.05, 4.69) is 21.3 Å². The molecule has 14 nitrogen and oxygen atoms in total. The highest BCUT2D eigenvalue weighted by molar-refractivity contribution is 5.94. The molecule has 0 spiro atoms. The SMILES string of the molecule is CC[C@@H](C)[C@H](NC(=O)[C@@H]1CCCN1C(=O)[C@@H](O)[C@H](Cc1ccccc1)NC(=O)[C@H](CC(N)=O)NC(=O)OC(C)(C)C)C(=O)NCC(C)C. The van der Waals surface area contributed by atoms with Gasteiger partial charge < -0.3 is 41.7 Å². The number of nitrogens with one attached hydrogen (secondary N) is 4. The zero-order chi connectivity index (χ0) is 36.2. The third-order valence-electron chi connectivity index (χ3n) is 7.99. The van der Waals surface area contributed by atoms with E-state index >= 15 is 0 Å². The molecule has 0 aromatic heterocycles. The first-order valence-corrected chi connectivity index (χ1v) is 16.6. The van der Waals surface area contributed by atoms with Gasteiger partial charge in [-0.05, 0) is 57.4 Å².